The molecule has 1 spiro atoms. The molecule has 174 valence electrons. The topological polar surface area (TPSA) is 80.8 Å². The van der Waals surface area contributed by atoms with Crippen LogP contribution in [0.4, 0.5) is 5.69 Å². The van der Waals surface area contributed by atoms with Crippen molar-refractivity contribution in [3.05, 3.63) is 98.1 Å². The van der Waals surface area contributed by atoms with Crippen molar-refractivity contribution in [1.82, 2.24) is 0 Å². The summed E-state index contributed by atoms with van der Waals surface area (Å²) in [6.07, 6.45) is -0.912. The molecule has 2 fully saturated rings. The van der Waals surface area contributed by atoms with Crippen molar-refractivity contribution in [2.45, 2.75) is 25.6 Å². The minimum atomic E-state index is -2.05. The van der Waals surface area contributed by atoms with E-state index in [1.165, 1.54) is 0 Å². The first-order valence-corrected chi connectivity index (χ1v) is 12.4. The quantitative estimate of drug-likeness (QED) is 0.253. The monoisotopic (exact) mass is 577 g/mol. The summed E-state index contributed by atoms with van der Waals surface area (Å²) < 4.78 is 7.24. The Labute approximate surface area is 215 Å². The summed E-state index contributed by atoms with van der Waals surface area (Å²) >= 11 is 2.16. The predicted octanol–water partition coefficient (Wildman–Crippen LogP) is 4.60. The Hall–Kier alpha value is -3.17. The van der Waals surface area contributed by atoms with Crippen LogP contribution in [0.2, 0.25) is 0 Å². The van der Waals surface area contributed by atoms with Crippen molar-refractivity contribution in [1.29, 1.82) is 0 Å². The number of nitrogens with zero attached hydrogens (tertiary/aromatic N) is 1. The molecule has 6 nitrogen and oxygen atoms in total. The van der Waals surface area contributed by atoms with E-state index in [2.05, 4.69) is 22.6 Å². The lowest BCUT2D eigenvalue weighted by atomic mass is 9.77. The number of anilines is 1. The summed E-state index contributed by atoms with van der Waals surface area (Å²) in [5.74, 6) is -4.38. The van der Waals surface area contributed by atoms with Gasteiger partial charge in [-0.3, -0.25) is 19.2 Å². The molecule has 3 aromatic rings. The highest BCUT2D eigenvalue weighted by molar-refractivity contribution is 14.1. The van der Waals surface area contributed by atoms with Crippen molar-refractivity contribution in [2.24, 2.45) is 11.8 Å². The van der Waals surface area contributed by atoms with Gasteiger partial charge in [0.1, 0.15) is 0 Å². The Bertz CT molecular complexity index is 1440. The lowest BCUT2D eigenvalue weighted by Gasteiger charge is -2.27. The van der Waals surface area contributed by atoms with E-state index in [0.717, 1.165) is 19.6 Å². The van der Waals surface area contributed by atoms with Crippen LogP contribution in [0.1, 0.15) is 43.5 Å². The molecule has 2 aliphatic heterocycles. The van der Waals surface area contributed by atoms with Crippen LogP contribution >= 0.6 is 22.6 Å². The van der Waals surface area contributed by atoms with Gasteiger partial charge < -0.3 is 4.74 Å². The van der Waals surface area contributed by atoms with Crippen LogP contribution < -0.4 is 4.90 Å². The van der Waals surface area contributed by atoms with E-state index >= 15 is 0 Å². The van der Waals surface area contributed by atoms with Crippen LogP contribution in [-0.4, -0.2) is 29.0 Å². The molecule has 0 saturated carbocycles. The molecule has 3 atom stereocenters. The molecular weight excluding hydrogens is 557 g/mol. The lowest BCUT2D eigenvalue weighted by Crippen LogP contribution is -2.51. The molecule has 2 amide bonds. The molecule has 6 rings (SSSR count). The maximum Gasteiger partial charge on any atom is 0.241 e. The van der Waals surface area contributed by atoms with Gasteiger partial charge >= 0.3 is 0 Å². The first kappa shape index (κ1) is 22.3. The number of hydrogen-bond acceptors (Lipinski definition) is 5. The van der Waals surface area contributed by atoms with Gasteiger partial charge in [0, 0.05) is 14.7 Å². The Morgan fingerprint density at radius 2 is 1.49 bits per heavy atom. The molecule has 35 heavy (non-hydrogen) atoms. The second kappa shape index (κ2) is 7.66. The van der Waals surface area contributed by atoms with E-state index in [9.17, 15) is 19.2 Å². The van der Waals surface area contributed by atoms with Crippen molar-refractivity contribution in [2.75, 3.05) is 4.90 Å². The first-order valence-electron chi connectivity index (χ1n) is 11.3. The Morgan fingerprint density at radius 3 is 2.11 bits per heavy atom. The number of hydrogen-bond donors (Lipinski definition) is 0. The van der Waals surface area contributed by atoms with E-state index < -0.39 is 46.9 Å². The molecule has 3 aliphatic rings. The number of imide groups is 1. The summed E-state index contributed by atoms with van der Waals surface area (Å²) in [5, 5.41) is 0. The number of aryl methyl sites for hydroxylation is 2. The van der Waals surface area contributed by atoms with Crippen LogP contribution in [-0.2, 0) is 14.3 Å². The molecule has 0 N–H and O–H groups in total. The van der Waals surface area contributed by atoms with Crippen LogP contribution in [0.25, 0.3) is 0 Å². The zero-order valence-electron chi connectivity index (χ0n) is 18.9. The molecule has 2 saturated heterocycles. The predicted molar refractivity (Wildman–Crippen MR) is 136 cm³/mol. The molecule has 0 radical (unpaired) electrons. The van der Waals surface area contributed by atoms with Crippen LogP contribution in [0.5, 0.6) is 0 Å². The van der Waals surface area contributed by atoms with Gasteiger partial charge in [-0.25, -0.2) is 4.90 Å². The molecule has 0 unspecified atom stereocenters. The smallest absolute Gasteiger partial charge is 0.241 e. The fourth-order valence-corrected chi connectivity index (χ4v) is 6.19. The SMILES string of the molecule is Cc1ccc(N2C(=O)[C@@H]3[C@@H](c4cccc(I)c4)OC4(C(=O)c5ccccc5C4=O)[C@H]3C2=O)cc1C. The van der Waals surface area contributed by atoms with E-state index in [-0.39, 0.29) is 11.1 Å². The summed E-state index contributed by atoms with van der Waals surface area (Å²) in [7, 11) is 0. The van der Waals surface area contributed by atoms with Gasteiger partial charge in [0.2, 0.25) is 29.0 Å². The number of ether oxygens (including phenoxy) is 1. The highest BCUT2D eigenvalue weighted by atomic mass is 127. The summed E-state index contributed by atoms with van der Waals surface area (Å²) in [4.78, 5) is 56.6. The van der Waals surface area contributed by atoms with Crippen molar-refractivity contribution < 1.29 is 23.9 Å². The molecule has 1 aliphatic carbocycles. The van der Waals surface area contributed by atoms with Crippen LogP contribution in [0.3, 0.4) is 0 Å². The van der Waals surface area contributed by atoms with Gasteiger partial charge in [-0.2, -0.15) is 0 Å². The van der Waals surface area contributed by atoms with E-state index in [1.807, 2.05) is 38.1 Å². The highest BCUT2D eigenvalue weighted by Crippen LogP contribution is 2.57. The number of amides is 2. The molecule has 0 aromatic heterocycles. The Balaban J connectivity index is 1.55. The molecular formula is C28H20INO5. The molecule has 7 heteroatoms. The standard InChI is InChI=1S/C28H20INO5/c1-14-10-11-18(12-15(14)2)30-26(33)21-22(27(30)34)28(35-23(21)16-6-5-7-17(29)13-16)24(31)19-8-3-4-9-20(19)25(28)32/h3-13,21-23H,1-2H3/t21-,22+,23+/m0/s1. The van der Waals surface area contributed by atoms with E-state index in [0.29, 0.717) is 11.3 Å². The third kappa shape index (κ3) is 2.91. The number of carbonyl (C=O) groups excluding carboxylic acids is 4. The third-order valence-corrected chi connectivity index (χ3v) is 8.12. The minimum absolute atomic E-state index is 0.226. The van der Waals surface area contributed by atoms with Gasteiger partial charge in [-0.1, -0.05) is 42.5 Å². The lowest BCUT2D eigenvalue weighted by molar-refractivity contribution is -0.127. The highest BCUT2D eigenvalue weighted by Gasteiger charge is 2.74. The van der Waals surface area contributed by atoms with Gasteiger partial charge in [0.15, 0.2) is 0 Å². The van der Waals surface area contributed by atoms with Crippen molar-refractivity contribution in [3.8, 4) is 0 Å². The van der Waals surface area contributed by atoms with E-state index in [4.69, 9.17) is 4.74 Å². The van der Waals surface area contributed by atoms with Crippen molar-refractivity contribution >= 4 is 51.7 Å². The second-order valence-corrected chi connectivity index (χ2v) is 10.6. The number of ketones is 2. The van der Waals surface area contributed by atoms with Crippen LogP contribution in [0, 0.1) is 29.3 Å². The second-order valence-electron chi connectivity index (χ2n) is 9.32. The summed E-state index contributed by atoms with van der Waals surface area (Å²) in [6, 6.07) is 19.2. The fourth-order valence-electron chi connectivity index (χ4n) is 5.62. The number of rotatable bonds is 2. The maximum atomic E-state index is 14.0. The normalized spacial score (nSPS) is 24.4. The Morgan fingerprint density at radius 1 is 0.800 bits per heavy atom. The summed E-state index contributed by atoms with van der Waals surface area (Å²) in [5.41, 5.74) is 1.45. The number of carbonyl (C=O) groups is 4. The number of fused-ring (bicyclic) bond motifs is 3. The molecule has 3 aromatic carbocycles. The van der Waals surface area contributed by atoms with Crippen molar-refractivity contribution in [3.63, 3.8) is 0 Å². The fraction of sp³-hybridized carbons (Fsp3) is 0.214. The summed E-state index contributed by atoms with van der Waals surface area (Å²) in [6.45, 7) is 3.86. The minimum Gasteiger partial charge on any atom is -0.349 e. The van der Waals surface area contributed by atoms with Crippen LogP contribution in [0.15, 0.2) is 66.7 Å². The average Bonchev–Trinajstić information content (AvgIpc) is 3.41. The molecule has 2 heterocycles. The number of benzene rings is 3. The third-order valence-electron chi connectivity index (χ3n) is 7.44. The van der Waals surface area contributed by atoms with Gasteiger partial charge in [-0.05, 0) is 77.4 Å². The zero-order valence-corrected chi connectivity index (χ0v) is 21.1. The Kier molecular flexibility index (Phi) is 4.88. The van der Waals surface area contributed by atoms with Gasteiger partial charge in [0.25, 0.3) is 0 Å². The zero-order chi connectivity index (χ0) is 24.6. The average molecular weight is 577 g/mol. The van der Waals surface area contributed by atoms with E-state index in [1.54, 1.807) is 42.5 Å². The first-order chi connectivity index (χ1) is 16.8. The largest absolute Gasteiger partial charge is 0.349 e. The van der Waals surface area contributed by atoms with Gasteiger partial charge in [-0.15, -0.1) is 0 Å². The van der Waals surface area contributed by atoms with Gasteiger partial charge in [0.05, 0.1) is 23.6 Å². The number of halogens is 1. The maximum absolute atomic E-state index is 14.0. The molecule has 0 bridgehead atoms. The number of Topliss-reactive ketones (excluding diaryl/α,β-unsaturated/α-hetero) is 2.